The summed E-state index contributed by atoms with van der Waals surface area (Å²) in [5.41, 5.74) is -2.56. The van der Waals surface area contributed by atoms with Crippen LogP contribution in [0.5, 0.6) is 0 Å². The van der Waals surface area contributed by atoms with E-state index in [4.69, 9.17) is 5.26 Å². The molecule has 0 N–H and O–H groups in total. The molecule has 0 radical (unpaired) electrons. The molecule has 0 spiro atoms. The Kier molecular flexibility index (Phi) is 4.37. The van der Waals surface area contributed by atoms with Gasteiger partial charge in [-0.1, -0.05) is 24.3 Å². The summed E-state index contributed by atoms with van der Waals surface area (Å²) in [7, 11) is 0. The molecule has 0 atom stereocenters. The van der Waals surface area contributed by atoms with Gasteiger partial charge < -0.3 is 0 Å². The molecule has 120 valence electrons. The van der Waals surface area contributed by atoms with Crippen molar-refractivity contribution < 1.29 is 26.3 Å². The predicted octanol–water partition coefficient (Wildman–Crippen LogP) is 5.46. The minimum absolute atomic E-state index is 0.0174. The van der Waals surface area contributed by atoms with Crippen molar-refractivity contribution >= 4 is 0 Å². The highest BCUT2D eigenvalue weighted by atomic mass is 19.4. The molecule has 0 amide bonds. The molecule has 1 nitrogen and oxygen atoms in total. The maximum Gasteiger partial charge on any atom is 0.417 e. The van der Waals surface area contributed by atoms with Crippen LogP contribution in [0.1, 0.15) is 16.7 Å². The third-order valence-electron chi connectivity index (χ3n) is 3.22. The van der Waals surface area contributed by atoms with Crippen molar-refractivity contribution in [2.24, 2.45) is 0 Å². The van der Waals surface area contributed by atoms with Crippen LogP contribution in [0.4, 0.5) is 26.3 Å². The van der Waals surface area contributed by atoms with Gasteiger partial charge in [0.05, 0.1) is 23.6 Å². The Morgan fingerprint density at radius 2 is 1.43 bits per heavy atom. The topological polar surface area (TPSA) is 23.8 Å². The molecule has 0 aliphatic carbocycles. The molecule has 0 unspecified atom stereocenters. The maximum absolute atomic E-state index is 13.0. The molecule has 0 aromatic heterocycles. The smallest absolute Gasteiger partial charge is 0.198 e. The van der Waals surface area contributed by atoms with Gasteiger partial charge in [0.1, 0.15) is 0 Å². The largest absolute Gasteiger partial charge is 0.417 e. The third kappa shape index (κ3) is 3.65. The van der Waals surface area contributed by atoms with Crippen molar-refractivity contribution in [3.63, 3.8) is 0 Å². The summed E-state index contributed by atoms with van der Waals surface area (Å²) in [6, 6.07) is 8.87. The van der Waals surface area contributed by atoms with E-state index in [1.54, 1.807) is 6.07 Å². The van der Waals surface area contributed by atoms with Gasteiger partial charge in [-0.15, -0.1) is 0 Å². The van der Waals surface area contributed by atoms with Crippen LogP contribution < -0.4 is 0 Å². The van der Waals surface area contributed by atoms with E-state index in [1.807, 2.05) is 0 Å². The van der Waals surface area contributed by atoms with Crippen LogP contribution in [-0.2, 0) is 18.8 Å². The molecule has 0 bridgehead atoms. The SMILES string of the molecule is N#CCc1cc(-c2ccccc2C(F)(F)F)ccc1C(F)(F)F. The van der Waals surface area contributed by atoms with Crippen molar-refractivity contribution in [3.05, 3.63) is 59.2 Å². The molecule has 7 heteroatoms. The van der Waals surface area contributed by atoms with Crippen LogP contribution >= 0.6 is 0 Å². The number of benzene rings is 2. The van der Waals surface area contributed by atoms with Crippen LogP contribution in [0.15, 0.2) is 42.5 Å². The molecule has 0 fully saturated rings. The Hall–Kier alpha value is -2.49. The fraction of sp³-hybridized carbons (Fsp3) is 0.188. The number of halogens is 6. The van der Waals surface area contributed by atoms with Crippen molar-refractivity contribution in [1.29, 1.82) is 5.26 Å². The Morgan fingerprint density at radius 1 is 0.826 bits per heavy atom. The predicted molar refractivity (Wildman–Crippen MR) is 71.2 cm³/mol. The van der Waals surface area contributed by atoms with Crippen LogP contribution in [0.3, 0.4) is 0 Å². The van der Waals surface area contributed by atoms with Gasteiger partial charge in [-0.25, -0.2) is 0 Å². The lowest BCUT2D eigenvalue weighted by molar-refractivity contribution is -0.138. The lowest BCUT2D eigenvalue weighted by Crippen LogP contribution is -2.10. The average molecular weight is 329 g/mol. The van der Waals surface area contributed by atoms with Gasteiger partial charge in [-0.3, -0.25) is 0 Å². The fourth-order valence-corrected chi connectivity index (χ4v) is 2.25. The zero-order valence-electron chi connectivity index (χ0n) is 11.5. The number of hydrogen-bond donors (Lipinski definition) is 0. The van der Waals surface area contributed by atoms with Crippen LogP contribution in [-0.4, -0.2) is 0 Å². The number of alkyl halides is 6. The summed E-state index contributed by atoms with van der Waals surface area (Å²) in [5.74, 6) is 0. The van der Waals surface area contributed by atoms with Crippen LogP contribution in [0, 0.1) is 11.3 Å². The first-order valence-electron chi connectivity index (χ1n) is 6.38. The fourth-order valence-electron chi connectivity index (χ4n) is 2.25. The first kappa shape index (κ1) is 16.9. The highest BCUT2D eigenvalue weighted by Crippen LogP contribution is 2.39. The molecular formula is C16H9F6N. The zero-order valence-corrected chi connectivity index (χ0v) is 11.5. The summed E-state index contributed by atoms with van der Waals surface area (Å²) >= 11 is 0. The number of rotatable bonds is 2. The van der Waals surface area contributed by atoms with E-state index in [0.29, 0.717) is 6.07 Å². The molecule has 2 aromatic rings. The lowest BCUT2D eigenvalue weighted by Gasteiger charge is -2.16. The van der Waals surface area contributed by atoms with Gasteiger partial charge in [0.2, 0.25) is 0 Å². The normalized spacial score (nSPS) is 12.0. The summed E-state index contributed by atoms with van der Waals surface area (Å²) in [4.78, 5) is 0. The van der Waals surface area contributed by atoms with Gasteiger partial charge in [0.25, 0.3) is 0 Å². The highest BCUT2D eigenvalue weighted by Gasteiger charge is 2.35. The van der Waals surface area contributed by atoms with Gasteiger partial charge in [0, 0.05) is 0 Å². The maximum atomic E-state index is 13.0. The molecule has 0 aliphatic rings. The molecule has 2 aromatic carbocycles. The summed E-state index contributed by atoms with van der Waals surface area (Å²) in [6.45, 7) is 0. The second-order valence-corrected chi connectivity index (χ2v) is 4.75. The monoisotopic (exact) mass is 329 g/mol. The van der Waals surface area contributed by atoms with Crippen LogP contribution in [0.2, 0.25) is 0 Å². The Labute approximate surface area is 127 Å². The first-order valence-corrected chi connectivity index (χ1v) is 6.38. The van der Waals surface area contributed by atoms with Gasteiger partial charge >= 0.3 is 12.4 Å². The quantitative estimate of drug-likeness (QED) is 0.671. The van der Waals surface area contributed by atoms with Gasteiger partial charge in [-0.05, 0) is 34.9 Å². The zero-order chi connectivity index (χ0) is 17.3. The minimum atomic E-state index is -4.67. The standard InChI is InChI=1S/C16H9F6N/c17-15(18,19)13-6-5-10(9-11(13)7-8-23)12-3-1-2-4-14(12)16(20,21)22/h1-6,9H,7H2. The molecule has 0 aliphatic heterocycles. The van der Waals surface area contributed by atoms with Crippen LogP contribution in [0.25, 0.3) is 11.1 Å². The minimum Gasteiger partial charge on any atom is -0.198 e. The number of nitrogens with zero attached hydrogens (tertiary/aromatic N) is 1. The Bertz CT molecular complexity index is 752. The second-order valence-electron chi connectivity index (χ2n) is 4.75. The molecule has 0 saturated carbocycles. The summed E-state index contributed by atoms with van der Waals surface area (Å²) in [6.07, 6.45) is -9.85. The van der Waals surface area contributed by atoms with Crippen molar-refractivity contribution in [2.75, 3.05) is 0 Å². The molecule has 23 heavy (non-hydrogen) atoms. The second kappa shape index (κ2) is 5.95. The van der Waals surface area contributed by atoms with E-state index in [-0.39, 0.29) is 16.7 Å². The van der Waals surface area contributed by atoms with E-state index < -0.39 is 29.9 Å². The molecule has 2 rings (SSSR count). The summed E-state index contributed by atoms with van der Waals surface area (Å²) in [5, 5.41) is 8.66. The average Bonchev–Trinajstić information content (AvgIpc) is 2.45. The molecular weight excluding hydrogens is 320 g/mol. The lowest BCUT2D eigenvalue weighted by atomic mass is 9.94. The van der Waals surface area contributed by atoms with E-state index in [0.717, 1.165) is 18.2 Å². The van der Waals surface area contributed by atoms with Gasteiger partial charge in [0.15, 0.2) is 0 Å². The van der Waals surface area contributed by atoms with E-state index in [2.05, 4.69) is 0 Å². The van der Waals surface area contributed by atoms with Crippen molar-refractivity contribution in [1.82, 2.24) is 0 Å². The van der Waals surface area contributed by atoms with Gasteiger partial charge in [-0.2, -0.15) is 31.6 Å². The van der Waals surface area contributed by atoms with Crippen molar-refractivity contribution in [3.8, 4) is 17.2 Å². The highest BCUT2D eigenvalue weighted by molar-refractivity contribution is 5.69. The van der Waals surface area contributed by atoms with E-state index in [1.165, 1.54) is 18.2 Å². The summed E-state index contributed by atoms with van der Waals surface area (Å²) < 4.78 is 77.7. The van der Waals surface area contributed by atoms with Crippen molar-refractivity contribution in [2.45, 2.75) is 18.8 Å². The number of nitriles is 1. The van der Waals surface area contributed by atoms with E-state index in [9.17, 15) is 26.3 Å². The molecule has 0 heterocycles. The number of hydrogen-bond acceptors (Lipinski definition) is 1. The Morgan fingerprint density at radius 3 is 2.00 bits per heavy atom. The Balaban J connectivity index is 2.64. The van der Waals surface area contributed by atoms with E-state index >= 15 is 0 Å². The first-order chi connectivity index (χ1) is 10.6. The third-order valence-corrected chi connectivity index (χ3v) is 3.22. The molecule has 0 saturated heterocycles.